The average molecular weight is 350 g/mol. The van der Waals surface area contributed by atoms with Gasteiger partial charge in [0.15, 0.2) is 0 Å². The van der Waals surface area contributed by atoms with Crippen molar-refractivity contribution in [2.24, 2.45) is 11.7 Å². The molecule has 2 rings (SSSR count). The summed E-state index contributed by atoms with van der Waals surface area (Å²) < 4.78 is 19.9. The zero-order valence-corrected chi connectivity index (χ0v) is 14.3. The Morgan fingerprint density at radius 2 is 2.00 bits per heavy atom. The molecule has 8 heteroatoms. The van der Waals surface area contributed by atoms with Crippen LogP contribution in [0.15, 0.2) is 41.3 Å². The lowest BCUT2D eigenvalue weighted by Gasteiger charge is -2.23. The first kappa shape index (κ1) is 18.1. The zero-order chi connectivity index (χ0) is 17.9. The van der Waals surface area contributed by atoms with Crippen molar-refractivity contribution < 1.29 is 13.9 Å². The minimum Gasteiger partial charge on any atom is -0.488 e. The van der Waals surface area contributed by atoms with Gasteiger partial charge in [0.05, 0.1) is 11.3 Å². The quantitative estimate of drug-likeness (QED) is 0.342. The predicted octanol–water partition coefficient (Wildman–Crippen LogP) is 2.61. The normalized spacial score (nSPS) is 10.4. The molecule has 0 spiro atoms. The van der Waals surface area contributed by atoms with E-state index in [0.29, 0.717) is 5.75 Å². The molecule has 0 unspecified atom stereocenters. The van der Waals surface area contributed by atoms with Gasteiger partial charge >= 0.3 is 6.03 Å². The van der Waals surface area contributed by atoms with Crippen LogP contribution in [-0.4, -0.2) is 18.1 Å². The number of amides is 2. The average Bonchev–Trinajstić information content (AvgIpc) is 2.53. The van der Waals surface area contributed by atoms with Gasteiger partial charge in [-0.05, 0) is 42.8 Å². The van der Waals surface area contributed by atoms with Gasteiger partial charge in [0.2, 0.25) is 0 Å². The third-order valence-corrected chi connectivity index (χ3v) is 3.67. The Bertz CT molecular complexity index is 755. The number of hydrogen-bond donors (Lipinski definition) is 3. The van der Waals surface area contributed by atoms with Crippen LogP contribution in [0.25, 0.3) is 0 Å². The monoisotopic (exact) mass is 350 g/mol. The highest BCUT2D eigenvalue weighted by Crippen LogP contribution is 2.26. The summed E-state index contributed by atoms with van der Waals surface area (Å²) in [6, 6.07) is 8.93. The first-order valence-corrected chi connectivity index (χ1v) is 7.53. The van der Waals surface area contributed by atoms with E-state index in [0.717, 1.165) is 20.5 Å². The Balaban J connectivity index is 2.28. The summed E-state index contributed by atoms with van der Waals surface area (Å²) in [5.74, 6) is 11.2. The van der Waals surface area contributed by atoms with Crippen LogP contribution in [0.4, 0.5) is 14.9 Å². The van der Waals surface area contributed by atoms with E-state index in [-0.39, 0.29) is 17.9 Å². The van der Waals surface area contributed by atoms with E-state index in [2.05, 4.69) is 12.6 Å². The van der Waals surface area contributed by atoms with Crippen LogP contribution in [-0.2, 0) is 6.61 Å². The number of hydrazine groups is 2. The first-order valence-electron chi connectivity index (χ1n) is 7.08. The van der Waals surface area contributed by atoms with Crippen molar-refractivity contribution in [2.45, 2.75) is 18.4 Å². The number of rotatable bonds is 4. The van der Waals surface area contributed by atoms with Crippen molar-refractivity contribution in [3.8, 4) is 5.75 Å². The number of urea groups is 1. The number of benzene rings is 2. The second kappa shape index (κ2) is 7.52. The number of nitrogens with zero attached hydrogens (tertiary/aromatic N) is 2. The number of carbonyl (C=O) groups is 1. The highest BCUT2D eigenvalue weighted by Gasteiger charge is 2.20. The lowest BCUT2D eigenvalue weighted by atomic mass is 10.1. The molecule has 0 atom stereocenters. The van der Waals surface area contributed by atoms with Gasteiger partial charge in [-0.3, -0.25) is 5.01 Å². The molecular weight excluding hydrogens is 331 g/mol. The number of hydrogen-bond acceptors (Lipinski definition) is 5. The fourth-order valence-corrected chi connectivity index (χ4v) is 2.40. The maximum absolute atomic E-state index is 14.2. The van der Waals surface area contributed by atoms with Crippen molar-refractivity contribution >= 4 is 24.3 Å². The van der Waals surface area contributed by atoms with Gasteiger partial charge in [0.1, 0.15) is 18.2 Å². The van der Waals surface area contributed by atoms with E-state index in [4.69, 9.17) is 16.4 Å². The van der Waals surface area contributed by atoms with Crippen molar-refractivity contribution in [1.29, 1.82) is 0 Å². The predicted molar refractivity (Wildman–Crippen MR) is 93.2 cm³/mol. The number of anilines is 1. The molecule has 0 radical (unpaired) electrons. The molecule has 2 amide bonds. The molecule has 24 heavy (non-hydrogen) atoms. The topological polar surface area (TPSA) is 84.8 Å². The van der Waals surface area contributed by atoms with Gasteiger partial charge in [0.25, 0.3) is 0 Å². The fraction of sp³-hybridized carbons (Fsp3) is 0.188. The molecule has 0 saturated heterocycles. The van der Waals surface area contributed by atoms with Crippen LogP contribution >= 0.6 is 12.6 Å². The molecule has 6 nitrogen and oxygen atoms in total. The summed E-state index contributed by atoms with van der Waals surface area (Å²) in [5.41, 5.74) is 1.20. The summed E-state index contributed by atoms with van der Waals surface area (Å²) in [4.78, 5) is 12.7. The molecule has 0 aromatic heterocycles. The summed E-state index contributed by atoms with van der Waals surface area (Å²) in [6.07, 6.45) is 0. The molecule has 0 fully saturated rings. The van der Waals surface area contributed by atoms with Crippen LogP contribution < -0.4 is 21.4 Å². The van der Waals surface area contributed by atoms with E-state index in [1.807, 2.05) is 13.0 Å². The van der Waals surface area contributed by atoms with Gasteiger partial charge < -0.3 is 4.74 Å². The Kier molecular flexibility index (Phi) is 5.66. The lowest BCUT2D eigenvalue weighted by Crippen LogP contribution is -2.49. The van der Waals surface area contributed by atoms with Crippen LogP contribution in [0.1, 0.15) is 11.1 Å². The SMILES string of the molecule is Cc1cc(S)ccc1OCc1c(F)cccc1N(N)C(=O)N(C)N. The highest BCUT2D eigenvalue weighted by molar-refractivity contribution is 7.80. The molecule has 0 bridgehead atoms. The molecule has 2 aromatic rings. The fourth-order valence-electron chi connectivity index (χ4n) is 2.13. The lowest BCUT2D eigenvalue weighted by molar-refractivity contribution is 0.216. The van der Waals surface area contributed by atoms with Crippen LogP contribution in [0.3, 0.4) is 0 Å². The van der Waals surface area contributed by atoms with E-state index < -0.39 is 11.8 Å². The highest BCUT2D eigenvalue weighted by atomic mass is 32.1. The van der Waals surface area contributed by atoms with Gasteiger partial charge in [-0.1, -0.05) is 6.07 Å². The molecule has 2 aromatic carbocycles. The molecular formula is C16H19FN4O2S. The van der Waals surface area contributed by atoms with Crippen LogP contribution in [0.2, 0.25) is 0 Å². The molecule has 0 heterocycles. The number of nitrogens with two attached hydrogens (primary N) is 2. The van der Waals surface area contributed by atoms with E-state index >= 15 is 0 Å². The minimum absolute atomic E-state index is 0.0932. The Hall–Kier alpha value is -2.29. The van der Waals surface area contributed by atoms with E-state index in [1.54, 1.807) is 12.1 Å². The van der Waals surface area contributed by atoms with Gasteiger partial charge in [-0.25, -0.2) is 25.9 Å². The second-order valence-corrected chi connectivity index (χ2v) is 5.76. The maximum Gasteiger partial charge on any atom is 0.352 e. The Morgan fingerprint density at radius 3 is 2.62 bits per heavy atom. The molecule has 4 N–H and O–H groups in total. The molecule has 128 valence electrons. The standard InChI is InChI=1S/C16H19FN4O2S/c1-10-8-11(24)6-7-15(10)23-9-12-13(17)4-3-5-14(12)21(19)16(22)20(2)18/h3-8,24H,9,18-19H2,1-2H3. The molecule has 0 aliphatic carbocycles. The van der Waals surface area contributed by atoms with Gasteiger partial charge in [-0.15, -0.1) is 12.6 Å². The number of thiol groups is 1. The number of ether oxygens (including phenoxy) is 1. The van der Waals surface area contributed by atoms with Crippen molar-refractivity contribution in [3.05, 3.63) is 53.3 Å². The Morgan fingerprint density at radius 1 is 1.29 bits per heavy atom. The number of carbonyl (C=O) groups excluding carboxylic acids is 1. The molecule has 0 aliphatic heterocycles. The summed E-state index contributed by atoms with van der Waals surface area (Å²) in [5, 5.41) is 1.59. The van der Waals surface area contributed by atoms with Gasteiger partial charge in [0, 0.05) is 11.9 Å². The smallest absolute Gasteiger partial charge is 0.352 e. The minimum atomic E-state index is -0.683. The zero-order valence-electron chi connectivity index (χ0n) is 13.4. The van der Waals surface area contributed by atoms with Crippen molar-refractivity contribution in [1.82, 2.24) is 5.01 Å². The first-order chi connectivity index (χ1) is 11.3. The van der Waals surface area contributed by atoms with Crippen molar-refractivity contribution in [3.63, 3.8) is 0 Å². The van der Waals surface area contributed by atoms with E-state index in [1.165, 1.54) is 25.2 Å². The van der Waals surface area contributed by atoms with Gasteiger partial charge in [-0.2, -0.15) is 0 Å². The summed E-state index contributed by atoms with van der Waals surface area (Å²) in [7, 11) is 1.35. The van der Waals surface area contributed by atoms with Crippen LogP contribution in [0.5, 0.6) is 5.75 Å². The molecule has 0 aliphatic rings. The second-order valence-electron chi connectivity index (χ2n) is 5.24. The van der Waals surface area contributed by atoms with Crippen molar-refractivity contribution in [2.75, 3.05) is 12.1 Å². The van der Waals surface area contributed by atoms with E-state index in [9.17, 15) is 9.18 Å². The maximum atomic E-state index is 14.2. The number of halogens is 1. The third kappa shape index (κ3) is 3.97. The van der Waals surface area contributed by atoms with Crippen LogP contribution in [0, 0.1) is 12.7 Å². The number of aryl methyl sites for hydroxylation is 1. The third-order valence-electron chi connectivity index (χ3n) is 3.39. The summed E-state index contributed by atoms with van der Waals surface area (Å²) in [6.45, 7) is 1.77. The summed E-state index contributed by atoms with van der Waals surface area (Å²) >= 11 is 4.25. The Labute approximate surface area is 145 Å². The molecule has 0 saturated carbocycles. The largest absolute Gasteiger partial charge is 0.488 e.